The summed E-state index contributed by atoms with van der Waals surface area (Å²) in [4.78, 5) is 11.0. The van der Waals surface area contributed by atoms with Gasteiger partial charge in [-0.3, -0.25) is 0 Å². The van der Waals surface area contributed by atoms with Crippen molar-refractivity contribution in [1.82, 2.24) is 0 Å². The number of rotatable bonds is 4. The highest BCUT2D eigenvalue weighted by Gasteiger charge is 2.31. The fourth-order valence-corrected chi connectivity index (χ4v) is 4.62. The summed E-state index contributed by atoms with van der Waals surface area (Å²) < 4.78 is 25.0. The van der Waals surface area contributed by atoms with Gasteiger partial charge in [-0.1, -0.05) is 13.3 Å². The molecular weight excluding hydrogens is 276 g/mol. The summed E-state index contributed by atoms with van der Waals surface area (Å²) in [6.07, 6.45) is 4.46. The second kappa shape index (κ2) is 5.95. The number of sulfone groups is 1. The normalized spacial score (nSPS) is 23.4. The number of benzene rings is 1. The molecule has 4 nitrogen and oxygen atoms in total. The predicted molar refractivity (Wildman–Crippen MR) is 76.6 cm³/mol. The lowest BCUT2D eigenvalue weighted by atomic mass is 9.87. The lowest BCUT2D eigenvalue weighted by molar-refractivity contribution is 0.0696. The zero-order valence-corrected chi connectivity index (χ0v) is 12.4. The second-order valence-electron chi connectivity index (χ2n) is 5.43. The van der Waals surface area contributed by atoms with Gasteiger partial charge in [0.15, 0.2) is 9.84 Å². The van der Waals surface area contributed by atoms with Crippen LogP contribution in [0.1, 0.15) is 49.4 Å². The number of carbonyl (C=O) groups is 1. The van der Waals surface area contributed by atoms with Crippen LogP contribution in [0.5, 0.6) is 0 Å². The lowest BCUT2D eigenvalue weighted by Crippen LogP contribution is -2.27. The third kappa shape index (κ3) is 3.03. The zero-order valence-electron chi connectivity index (χ0n) is 11.6. The molecule has 0 amide bonds. The van der Waals surface area contributed by atoms with Crippen LogP contribution < -0.4 is 0 Å². The van der Waals surface area contributed by atoms with Crippen molar-refractivity contribution in [1.29, 1.82) is 0 Å². The van der Waals surface area contributed by atoms with Crippen LogP contribution in [-0.2, 0) is 9.84 Å². The molecule has 1 fully saturated rings. The first-order valence-corrected chi connectivity index (χ1v) is 8.57. The number of aromatic carboxylic acids is 1. The number of hydrogen-bond donors (Lipinski definition) is 1. The third-order valence-corrected chi connectivity index (χ3v) is 6.52. The molecule has 20 heavy (non-hydrogen) atoms. The second-order valence-corrected chi connectivity index (χ2v) is 7.65. The largest absolute Gasteiger partial charge is 0.478 e. The Morgan fingerprint density at radius 2 is 1.70 bits per heavy atom. The van der Waals surface area contributed by atoms with Gasteiger partial charge in [-0.25, -0.2) is 13.2 Å². The van der Waals surface area contributed by atoms with Crippen molar-refractivity contribution in [2.75, 3.05) is 0 Å². The number of hydrogen-bond acceptors (Lipinski definition) is 3. The van der Waals surface area contributed by atoms with Gasteiger partial charge in [-0.05, 0) is 55.9 Å². The molecule has 1 aliphatic carbocycles. The van der Waals surface area contributed by atoms with E-state index in [1.807, 2.05) is 0 Å². The Labute approximate surface area is 119 Å². The number of carboxylic acids is 1. The molecule has 1 aromatic carbocycles. The molecule has 1 aliphatic rings. The van der Waals surface area contributed by atoms with Gasteiger partial charge in [0.1, 0.15) is 0 Å². The standard InChI is InChI=1S/C15H20O4S/c1-2-11-3-7-13(8-4-11)20(18,19)14-9-5-12(6-10-14)15(16)17/h5-6,9-11,13H,2-4,7-8H2,1H3,(H,16,17). The molecular formula is C15H20O4S. The van der Waals surface area contributed by atoms with Gasteiger partial charge in [-0.15, -0.1) is 0 Å². The van der Waals surface area contributed by atoms with Crippen LogP contribution in [0, 0.1) is 5.92 Å². The Kier molecular flexibility index (Phi) is 4.48. The van der Waals surface area contributed by atoms with E-state index in [-0.39, 0.29) is 15.7 Å². The summed E-state index contributed by atoms with van der Waals surface area (Å²) in [5.74, 6) is -0.395. The third-order valence-electron chi connectivity index (χ3n) is 4.24. The van der Waals surface area contributed by atoms with Gasteiger partial charge >= 0.3 is 5.97 Å². The van der Waals surface area contributed by atoms with Gasteiger partial charge in [0.2, 0.25) is 0 Å². The summed E-state index contributed by atoms with van der Waals surface area (Å²) in [6, 6.07) is 5.52. The Balaban J connectivity index is 2.16. The van der Waals surface area contributed by atoms with E-state index in [4.69, 9.17) is 5.11 Å². The fourth-order valence-electron chi connectivity index (χ4n) is 2.83. The Bertz CT molecular complexity index is 566. The Hall–Kier alpha value is -1.36. The van der Waals surface area contributed by atoms with Crippen molar-refractivity contribution < 1.29 is 18.3 Å². The molecule has 5 heteroatoms. The van der Waals surface area contributed by atoms with E-state index < -0.39 is 15.8 Å². The molecule has 0 heterocycles. The molecule has 0 aromatic heterocycles. The van der Waals surface area contributed by atoms with Crippen molar-refractivity contribution in [3.8, 4) is 0 Å². The summed E-state index contributed by atoms with van der Waals surface area (Å²) in [7, 11) is -3.33. The van der Waals surface area contributed by atoms with E-state index in [9.17, 15) is 13.2 Å². The minimum Gasteiger partial charge on any atom is -0.478 e. The molecule has 0 aliphatic heterocycles. The molecule has 0 unspecified atom stereocenters. The van der Waals surface area contributed by atoms with E-state index in [2.05, 4.69) is 6.92 Å². The lowest BCUT2D eigenvalue weighted by Gasteiger charge is -2.27. The summed E-state index contributed by atoms with van der Waals surface area (Å²) in [5.41, 5.74) is 0.110. The molecule has 2 rings (SSSR count). The maximum absolute atomic E-state index is 12.5. The van der Waals surface area contributed by atoms with Crippen LogP contribution in [0.15, 0.2) is 29.2 Å². The average Bonchev–Trinajstić information content (AvgIpc) is 2.47. The molecule has 1 saturated carbocycles. The van der Waals surface area contributed by atoms with E-state index in [0.717, 1.165) is 19.3 Å². The fraction of sp³-hybridized carbons (Fsp3) is 0.533. The monoisotopic (exact) mass is 296 g/mol. The highest BCUT2D eigenvalue weighted by molar-refractivity contribution is 7.92. The maximum atomic E-state index is 12.5. The van der Waals surface area contributed by atoms with Crippen molar-refractivity contribution in [2.24, 2.45) is 5.92 Å². The quantitative estimate of drug-likeness (QED) is 0.926. The first kappa shape index (κ1) is 15.0. The van der Waals surface area contributed by atoms with Crippen LogP contribution in [-0.4, -0.2) is 24.7 Å². The average molecular weight is 296 g/mol. The highest BCUT2D eigenvalue weighted by atomic mass is 32.2. The van der Waals surface area contributed by atoms with E-state index in [1.165, 1.54) is 24.3 Å². The molecule has 1 N–H and O–H groups in total. The Morgan fingerprint density at radius 1 is 1.15 bits per heavy atom. The van der Waals surface area contributed by atoms with Gasteiger partial charge in [-0.2, -0.15) is 0 Å². The highest BCUT2D eigenvalue weighted by Crippen LogP contribution is 2.33. The van der Waals surface area contributed by atoms with Gasteiger partial charge < -0.3 is 5.11 Å². The molecule has 110 valence electrons. The minimum atomic E-state index is -3.33. The van der Waals surface area contributed by atoms with Gasteiger partial charge in [0.05, 0.1) is 15.7 Å². The van der Waals surface area contributed by atoms with Gasteiger partial charge in [0.25, 0.3) is 0 Å². The first-order chi connectivity index (χ1) is 9.45. The van der Waals surface area contributed by atoms with Crippen molar-refractivity contribution in [3.63, 3.8) is 0 Å². The van der Waals surface area contributed by atoms with Crippen LogP contribution in [0.2, 0.25) is 0 Å². The van der Waals surface area contributed by atoms with Crippen molar-refractivity contribution >= 4 is 15.8 Å². The van der Waals surface area contributed by atoms with E-state index >= 15 is 0 Å². The number of carboxylic acid groups (broad SMARTS) is 1. The topological polar surface area (TPSA) is 71.4 Å². The predicted octanol–water partition coefficient (Wildman–Crippen LogP) is 3.13. The summed E-state index contributed by atoms with van der Waals surface area (Å²) in [5, 5.41) is 8.52. The smallest absolute Gasteiger partial charge is 0.335 e. The summed E-state index contributed by atoms with van der Waals surface area (Å²) in [6.45, 7) is 2.14. The van der Waals surface area contributed by atoms with Crippen LogP contribution in [0.4, 0.5) is 0 Å². The first-order valence-electron chi connectivity index (χ1n) is 7.02. The SMILES string of the molecule is CCC1CCC(S(=O)(=O)c2ccc(C(=O)O)cc2)CC1. The van der Waals surface area contributed by atoms with E-state index in [0.29, 0.717) is 18.8 Å². The van der Waals surface area contributed by atoms with Gasteiger partial charge in [0, 0.05) is 0 Å². The molecule has 0 spiro atoms. The Morgan fingerprint density at radius 3 is 2.15 bits per heavy atom. The minimum absolute atomic E-state index is 0.110. The van der Waals surface area contributed by atoms with Crippen LogP contribution in [0.25, 0.3) is 0 Å². The van der Waals surface area contributed by atoms with E-state index in [1.54, 1.807) is 0 Å². The molecule has 0 radical (unpaired) electrons. The molecule has 0 saturated heterocycles. The maximum Gasteiger partial charge on any atom is 0.335 e. The van der Waals surface area contributed by atoms with Crippen LogP contribution in [0.3, 0.4) is 0 Å². The van der Waals surface area contributed by atoms with Crippen LogP contribution >= 0.6 is 0 Å². The van der Waals surface area contributed by atoms with Crippen molar-refractivity contribution in [3.05, 3.63) is 29.8 Å². The molecule has 0 bridgehead atoms. The molecule has 0 atom stereocenters. The zero-order chi connectivity index (χ0) is 14.8. The molecule has 1 aromatic rings. The van der Waals surface area contributed by atoms with Crippen molar-refractivity contribution in [2.45, 2.75) is 49.2 Å². The summed E-state index contributed by atoms with van der Waals surface area (Å²) >= 11 is 0.